The smallest absolute Gasteiger partial charge is 0.282 e. The zero-order chi connectivity index (χ0) is 50.7. The van der Waals surface area contributed by atoms with Gasteiger partial charge in [0.1, 0.15) is 47.8 Å². The predicted octanol–water partition coefficient (Wildman–Crippen LogP) is 11.8. The number of alkyl halides is 3. The lowest BCUT2D eigenvalue weighted by molar-refractivity contribution is 0.00727. The van der Waals surface area contributed by atoms with E-state index in [2.05, 4.69) is 30.6 Å². The first-order chi connectivity index (χ1) is 33.9. The molecule has 0 bridgehead atoms. The number of nitrogens with zero attached hydrogens (tertiary/aromatic N) is 7. The lowest BCUT2D eigenvalue weighted by Crippen LogP contribution is -2.47. The first kappa shape index (κ1) is 51.0. The molecule has 3 atom stereocenters. The van der Waals surface area contributed by atoms with Gasteiger partial charge in [-0.25, -0.2) is 41.0 Å². The van der Waals surface area contributed by atoms with Crippen molar-refractivity contribution in [1.82, 2.24) is 39.3 Å². The fourth-order valence-corrected chi connectivity index (χ4v) is 8.85. The summed E-state index contributed by atoms with van der Waals surface area (Å²) in [7, 11) is 1.39. The second-order valence-corrected chi connectivity index (χ2v) is 18.6. The minimum atomic E-state index is -2.96. The maximum absolute atomic E-state index is 13.5. The summed E-state index contributed by atoms with van der Waals surface area (Å²) < 4.78 is 90.5. The van der Waals surface area contributed by atoms with Gasteiger partial charge in [-0.15, -0.1) is 11.6 Å². The first-order valence-corrected chi connectivity index (χ1v) is 23.1. The molecule has 1 aliphatic carbocycles. The summed E-state index contributed by atoms with van der Waals surface area (Å²) in [4.78, 5) is 19.7. The quantitative estimate of drug-likeness (QED) is 0.0340. The molecule has 3 aromatic heterocycles. The van der Waals surface area contributed by atoms with Crippen molar-refractivity contribution in [3.05, 3.63) is 200 Å². The number of H-pyrrole nitrogens is 1. The van der Waals surface area contributed by atoms with Crippen LogP contribution in [0.4, 0.5) is 32.0 Å². The van der Waals surface area contributed by atoms with Crippen molar-refractivity contribution in [3.63, 3.8) is 0 Å². The van der Waals surface area contributed by atoms with Crippen LogP contribution in [0.2, 0.25) is 10.0 Å². The monoisotopic (exact) mass is 1050 g/mol. The van der Waals surface area contributed by atoms with Gasteiger partial charge in [0.15, 0.2) is 17.5 Å². The number of benzene rings is 5. The number of aryl methyl sites for hydroxylation is 1. The number of rotatable bonds is 13. The first-order valence-electron chi connectivity index (χ1n) is 21.5. The molecular formula is C49H40Cl3F6N9O3S. The molecular weight excluding hydrogens is 1020 g/mol. The minimum absolute atomic E-state index is 0.0254. The van der Waals surface area contributed by atoms with E-state index in [1.165, 1.54) is 50.0 Å². The van der Waals surface area contributed by atoms with Gasteiger partial charge in [0.25, 0.3) is 12.3 Å². The van der Waals surface area contributed by atoms with Gasteiger partial charge in [-0.3, -0.25) is 19.3 Å². The molecule has 368 valence electrons. The minimum Gasteiger partial charge on any atom is -0.386 e. The second-order valence-electron chi connectivity index (χ2n) is 16.7. The molecule has 0 radical (unpaired) electrons. The van der Waals surface area contributed by atoms with E-state index in [1.807, 2.05) is 48.5 Å². The van der Waals surface area contributed by atoms with Crippen LogP contribution in [0.25, 0.3) is 11.1 Å². The molecule has 3 unspecified atom stereocenters. The zero-order valence-corrected chi connectivity index (χ0v) is 40.2. The number of nitrogens with one attached hydrogen (secondary N) is 2. The third kappa shape index (κ3) is 11.4. The molecule has 10 rings (SSSR count). The van der Waals surface area contributed by atoms with Gasteiger partial charge in [0, 0.05) is 46.5 Å². The molecule has 1 saturated heterocycles. The number of epoxide rings is 1. The van der Waals surface area contributed by atoms with Crippen LogP contribution in [0.15, 0.2) is 134 Å². The number of para-hydroxylation sites is 1. The zero-order valence-electron chi connectivity index (χ0n) is 37.1. The highest BCUT2D eigenvalue weighted by atomic mass is 35.5. The van der Waals surface area contributed by atoms with E-state index < -0.39 is 51.6 Å². The van der Waals surface area contributed by atoms with Gasteiger partial charge in [-0.2, -0.15) is 10.2 Å². The third-order valence-electron chi connectivity index (χ3n) is 11.9. The topological polar surface area (TPSA) is 144 Å². The average Bonchev–Trinajstić information content (AvgIpc) is 4.02. The Bertz CT molecular complexity index is 3210. The normalized spacial score (nSPS) is 17.3. The van der Waals surface area contributed by atoms with Crippen LogP contribution in [-0.4, -0.2) is 60.8 Å². The Labute approximate surface area is 421 Å². The molecule has 3 N–H and O–H groups in total. The highest BCUT2D eigenvalue weighted by Crippen LogP contribution is 2.59. The summed E-state index contributed by atoms with van der Waals surface area (Å²) in [5, 5.41) is 25.5. The molecule has 71 heavy (non-hydrogen) atoms. The molecule has 8 aromatic rings. The highest BCUT2D eigenvalue weighted by Gasteiger charge is 2.60. The van der Waals surface area contributed by atoms with Crippen LogP contribution in [0, 0.1) is 28.0 Å². The Hall–Kier alpha value is -6.35. The standard InChI is InChI=1S/C18H12F5N3O.C17H13ClFN3O.C14H15Cl2N3OS/c1-26-8-11(16(25-26)17(22)23)18(27)24-14-5-3-2-4-10(14)9-6-12(19)15(21)13(20)7-9;18-15-4-2-1-3-14(15)16-17(23-16,9-22-11-20-10-21-22)12-5-7-13(19)8-6-12;15-11-4-2-1-3-10(11)7-14(20,13(16)5-6-13)8-19-12(21)17-9-18-19/h2-8,17H,1H3,(H,24,27);1-8,10-11,16H,9H2;1-4,9,20H,5-8H2,(H,17,18,21). The van der Waals surface area contributed by atoms with Crippen molar-refractivity contribution in [2.75, 3.05) is 5.32 Å². The Kier molecular flexibility index (Phi) is 15.2. The Morgan fingerprint density at radius 2 is 1.62 bits per heavy atom. The van der Waals surface area contributed by atoms with Crippen molar-refractivity contribution < 1.29 is 41.0 Å². The van der Waals surface area contributed by atoms with Crippen LogP contribution in [0.1, 0.15) is 58.1 Å². The third-order valence-corrected chi connectivity index (χ3v) is 13.6. The summed E-state index contributed by atoms with van der Waals surface area (Å²) in [5.74, 6) is -5.54. The maximum Gasteiger partial charge on any atom is 0.282 e. The van der Waals surface area contributed by atoms with Crippen LogP contribution in [-0.2, 0) is 36.9 Å². The number of aromatic amines is 1. The fraction of sp³-hybridized carbons (Fsp3) is 0.224. The molecule has 4 heterocycles. The molecule has 5 aromatic carbocycles. The summed E-state index contributed by atoms with van der Waals surface area (Å²) in [5.41, 5.74) is 0.171. The van der Waals surface area contributed by atoms with Crippen LogP contribution < -0.4 is 5.32 Å². The van der Waals surface area contributed by atoms with E-state index >= 15 is 0 Å². The number of hydrogen-bond acceptors (Lipinski definition) is 8. The average molecular weight is 1060 g/mol. The largest absolute Gasteiger partial charge is 0.386 e. The van der Waals surface area contributed by atoms with E-state index in [0.717, 1.165) is 52.5 Å². The lowest BCUT2D eigenvalue weighted by atomic mass is 9.89. The van der Waals surface area contributed by atoms with Crippen molar-refractivity contribution in [2.24, 2.45) is 7.05 Å². The number of aliphatic hydroxyl groups is 1. The van der Waals surface area contributed by atoms with Gasteiger partial charge in [0.05, 0.1) is 23.5 Å². The molecule has 1 amide bonds. The van der Waals surface area contributed by atoms with Crippen molar-refractivity contribution in [3.8, 4) is 11.1 Å². The maximum atomic E-state index is 13.5. The van der Waals surface area contributed by atoms with Gasteiger partial charge >= 0.3 is 0 Å². The SMILES string of the molecule is Cn1cc(C(=O)Nc2ccccc2-c2cc(F)c(F)c(F)c2)c(C(F)F)n1.Fc1ccc(C2(Cn3cncn3)OC2c2ccccc2Cl)cc1.OC(Cc1ccccc1Cl)(Cn1[nH]cnc1=S)C1(Cl)CC1. The molecule has 12 nitrogen and oxygen atoms in total. The molecule has 0 spiro atoms. The highest BCUT2D eigenvalue weighted by molar-refractivity contribution is 7.71. The Morgan fingerprint density at radius 1 is 0.958 bits per heavy atom. The summed E-state index contributed by atoms with van der Waals surface area (Å²) >= 11 is 24.2. The Morgan fingerprint density at radius 3 is 2.24 bits per heavy atom. The van der Waals surface area contributed by atoms with Crippen LogP contribution >= 0.6 is 47.0 Å². The molecule has 22 heteroatoms. The lowest BCUT2D eigenvalue weighted by Gasteiger charge is -2.33. The van der Waals surface area contributed by atoms with E-state index in [9.17, 15) is 36.2 Å². The van der Waals surface area contributed by atoms with Gasteiger partial charge < -0.3 is 15.2 Å². The van der Waals surface area contributed by atoms with E-state index in [-0.39, 0.29) is 40.8 Å². The molecule has 2 aliphatic rings. The number of anilines is 1. The van der Waals surface area contributed by atoms with Gasteiger partial charge in [-0.1, -0.05) is 89.9 Å². The number of aromatic nitrogens is 8. The second kappa shape index (κ2) is 21.2. The van der Waals surface area contributed by atoms with Crippen LogP contribution in [0.5, 0.6) is 0 Å². The van der Waals surface area contributed by atoms with E-state index in [1.54, 1.807) is 33.9 Å². The number of amides is 1. The summed E-state index contributed by atoms with van der Waals surface area (Å²) in [6.07, 6.45) is 4.52. The van der Waals surface area contributed by atoms with Gasteiger partial charge in [-0.05, 0) is 84.2 Å². The summed E-state index contributed by atoms with van der Waals surface area (Å²) in [6.45, 7) is 0.745. The van der Waals surface area contributed by atoms with Crippen molar-refractivity contribution in [2.45, 2.75) is 61.0 Å². The van der Waals surface area contributed by atoms with Crippen molar-refractivity contribution >= 4 is 58.6 Å². The number of carbonyl (C=O) groups excluding carboxylic acids is 1. The number of ether oxygens (including phenoxy) is 1. The van der Waals surface area contributed by atoms with Crippen molar-refractivity contribution in [1.29, 1.82) is 0 Å². The van der Waals surface area contributed by atoms with E-state index in [4.69, 9.17) is 51.8 Å². The summed E-state index contributed by atoms with van der Waals surface area (Å²) in [6, 6.07) is 28.9. The molecule has 1 aliphatic heterocycles. The van der Waals surface area contributed by atoms with Crippen LogP contribution in [0.3, 0.4) is 0 Å². The molecule has 1 saturated carbocycles. The van der Waals surface area contributed by atoms with E-state index in [0.29, 0.717) is 27.8 Å². The molecule has 2 fully saturated rings. The predicted molar refractivity (Wildman–Crippen MR) is 257 cm³/mol. The number of halogens is 9. The van der Waals surface area contributed by atoms with Gasteiger partial charge in [0.2, 0.25) is 4.77 Å². The fourth-order valence-electron chi connectivity index (χ4n) is 8.02. The number of hydrogen-bond donors (Lipinski definition) is 3. The Balaban J connectivity index is 0.000000144. The number of carbonyl (C=O) groups is 1.